The van der Waals surface area contributed by atoms with Gasteiger partial charge in [-0.2, -0.15) is 0 Å². The minimum absolute atomic E-state index is 0.0248. The molecule has 0 bridgehead atoms. The van der Waals surface area contributed by atoms with Gasteiger partial charge in [0.25, 0.3) is 0 Å². The van der Waals surface area contributed by atoms with Gasteiger partial charge in [0.05, 0.1) is 13.0 Å². The third-order valence-corrected chi connectivity index (χ3v) is 11.3. The highest BCUT2D eigenvalue weighted by atomic mass is 32.2. The molecule has 0 aromatic heterocycles. The smallest absolute Gasteiger partial charge is 0.307 e. The molecule has 0 radical (unpaired) electrons. The summed E-state index contributed by atoms with van der Waals surface area (Å²) in [6.07, 6.45) is 37.5. The number of carbonyl (C=O) groups is 2. The first-order valence-corrected chi connectivity index (χ1v) is 23.8. The number of aliphatic hydroxyl groups excluding tert-OH is 1. The van der Waals surface area contributed by atoms with Crippen LogP contribution in [0.15, 0.2) is 0 Å². The van der Waals surface area contributed by atoms with Crippen LogP contribution in [0.5, 0.6) is 0 Å². The molecule has 0 saturated heterocycles. The minimum atomic E-state index is -0.164. The first-order valence-electron chi connectivity index (χ1n) is 23.0. The zero-order valence-electron chi connectivity index (χ0n) is 35.4. The number of hydrogen-bond acceptors (Lipinski definition) is 8. The Hall–Kier alpha value is -0.830. The third kappa shape index (κ3) is 37.9. The van der Waals surface area contributed by atoms with Gasteiger partial charge in [-0.05, 0) is 63.4 Å². The molecule has 0 spiro atoms. The van der Waals surface area contributed by atoms with Gasteiger partial charge in [-0.15, -0.1) is 0 Å². The highest BCUT2D eigenvalue weighted by Gasteiger charge is 2.17. The molecule has 1 unspecified atom stereocenters. The quantitative estimate of drug-likeness (QED) is 0.0359. The van der Waals surface area contributed by atoms with Crippen molar-refractivity contribution in [2.24, 2.45) is 0 Å². The topological polar surface area (TPSA) is 96.3 Å². The van der Waals surface area contributed by atoms with Crippen LogP contribution in [0.1, 0.15) is 233 Å². The van der Waals surface area contributed by atoms with Gasteiger partial charge in [-0.25, -0.2) is 0 Å². The second kappa shape index (κ2) is 42.3. The molecule has 0 aliphatic carbocycles. The first kappa shape index (κ1) is 52.2. The number of aliphatic hydroxyl groups is 1. The van der Waals surface area contributed by atoms with Crippen LogP contribution >= 0.6 is 12.0 Å². The van der Waals surface area contributed by atoms with Crippen LogP contribution in [0, 0.1) is 0 Å². The molecule has 7 nitrogen and oxygen atoms in total. The molecule has 0 aromatic rings. The van der Waals surface area contributed by atoms with Crippen molar-refractivity contribution in [1.82, 2.24) is 4.90 Å². The molecule has 2 N–H and O–H groups in total. The van der Waals surface area contributed by atoms with Crippen molar-refractivity contribution >= 4 is 24.0 Å². The van der Waals surface area contributed by atoms with E-state index < -0.39 is 0 Å². The number of rotatable bonds is 43. The summed E-state index contributed by atoms with van der Waals surface area (Å²) in [5, 5.41) is 9.45. The summed E-state index contributed by atoms with van der Waals surface area (Å²) in [5.74, 6) is -0.218. The number of ether oxygens (including phenoxy) is 2. The summed E-state index contributed by atoms with van der Waals surface area (Å²) in [5.41, 5.74) is 0. The van der Waals surface area contributed by atoms with E-state index in [0.717, 1.165) is 76.3 Å². The van der Waals surface area contributed by atoms with Gasteiger partial charge >= 0.3 is 11.9 Å². The average molecular weight is 772 g/mol. The van der Waals surface area contributed by atoms with Gasteiger partial charge in [0.1, 0.15) is 6.10 Å². The second-order valence-electron chi connectivity index (χ2n) is 15.8. The number of esters is 2. The average Bonchev–Trinajstić information content (AvgIpc) is 3.16. The van der Waals surface area contributed by atoms with Crippen molar-refractivity contribution in [2.75, 3.05) is 32.8 Å². The summed E-state index contributed by atoms with van der Waals surface area (Å²) in [6.45, 7) is 9.27. The van der Waals surface area contributed by atoms with E-state index in [0.29, 0.717) is 45.5 Å². The van der Waals surface area contributed by atoms with Crippen LogP contribution in [0.4, 0.5) is 0 Å². The van der Waals surface area contributed by atoms with E-state index in [-0.39, 0.29) is 29.9 Å². The second-order valence-corrected chi connectivity index (χ2v) is 16.7. The maximum atomic E-state index is 12.8. The molecule has 8 heteroatoms. The lowest BCUT2D eigenvalue weighted by Crippen LogP contribution is -2.34. The summed E-state index contributed by atoms with van der Waals surface area (Å²) >= 11 is 0.885. The Morgan fingerprint density at radius 2 is 0.981 bits per heavy atom. The minimum Gasteiger partial charge on any atom is -0.466 e. The third-order valence-electron chi connectivity index (χ3n) is 10.6. The zero-order valence-corrected chi connectivity index (χ0v) is 36.2. The van der Waals surface area contributed by atoms with Crippen LogP contribution in [-0.4, -0.2) is 70.7 Å². The Morgan fingerprint density at radius 1 is 0.528 bits per heavy atom. The fraction of sp³-hybridized carbons (Fsp3) is 0.956. The Bertz CT molecular complexity index is 755. The zero-order chi connectivity index (χ0) is 38.9. The van der Waals surface area contributed by atoms with E-state index in [4.69, 9.17) is 9.47 Å². The predicted octanol–water partition coefficient (Wildman–Crippen LogP) is 13.2. The van der Waals surface area contributed by atoms with Gasteiger partial charge in [-0.3, -0.25) is 9.59 Å². The molecule has 0 heterocycles. The first-order chi connectivity index (χ1) is 26.0. The monoisotopic (exact) mass is 772 g/mol. The van der Waals surface area contributed by atoms with E-state index >= 15 is 0 Å². The molecule has 0 amide bonds. The Labute approximate surface area is 333 Å². The van der Waals surface area contributed by atoms with Crippen molar-refractivity contribution < 1.29 is 28.7 Å². The Morgan fingerprint density at radius 3 is 1.47 bits per heavy atom. The summed E-state index contributed by atoms with van der Waals surface area (Å²) in [6, 6.07) is 0. The van der Waals surface area contributed by atoms with Crippen molar-refractivity contribution in [3.05, 3.63) is 0 Å². The predicted molar refractivity (Wildman–Crippen MR) is 228 cm³/mol. The van der Waals surface area contributed by atoms with Gasteiger partial charge in [0.2, 0.25) is 0 Å². The lowest BCUT2D eigenvalue weighted by molar-refractivity contribution is -0.150. The van der Waals surface area contributed by atoms with Crippen molar-refractivity contribution in [1.29, 1.82) is 0 Å². The van der Waals surface area contributed by atoms with E-state index in [1.807, 2.05) is 0 Å². The van der Waals surface area contributed by atoms with Gasteiger partial charge in [0, 0.05) is 37.9 Å². The number of unbranched alkanes of at least 4 members (excludes halogenated alkanes) is 23. The summed E-state index contributed by atoms with van der Waals surface area (Å²) in [4.78, 5) is 27.4. The number of nitrogens with zero attached hydrogens (tertiary/aromatic N) is 1. The van der Waals surface area contributed by atoms with Crippen LogP contribution in [0.25, 0.3) is 0 Å². The maximum Gasteiger partial charge on any atom is 0.307 e. The lowest BCUT2D eigenvalue weighted by atomic mass is 10.0. The standard InChI is InChI=1S/C45H89NO6S/c1-4-7-10-13-16-17-18-19-20-21-24-30-40-51-44(48)36-38-46(37-31-39-47)41-43(53-50)34-28-25-29-35-45(49)52-42(32-26-22-14-11-8-5-2)33-27-23-15-12-9-6-3/h42-43,47,50H,4-41H2,1-3H3. The number of hydrogen-bond donors (Lipinski definition) is 2. The van der Waals surface area contributed by atoms with Crippen LogP contribution in [-0.2, 0) is 19.1 Å². The van der Waals surface area contributed by atoms with Crippen molar-refractivity contribution in [2.45, 2.75) is 244 Å². The number of carbonyl (C=O) groups excluding carboxylic acids is 2. The highest BCUT2D eigenvalue weighted by molar-refractivity contribution is 7.94. The van der Waals surface area contributed by atoms with Crippen LogP contribution in [0.3, 0.4) is 0 Å². The fourth-order valence-electron chi connectivity index (χ4n) is 7.13. The molecular formula is C45H89NO6S. The molecule has 53 heavy (non-hydrogen) atoms. The molecule has 0 fully saturated rings. The molecule has 0 aliphatic rings. The molecule has 0 rings (SSSR count). The van der Waals surface area contributed by atoms with Crippen LogP contribution in [0.2, 0.25) is 0 Å². The van der Waals surface area contributed by atoms with E-state index in [2.05, 4.69) is 25.7 Å². The van der Waals surface area contributed by atoms with E-state index in [1.165, 1.54) is 128 Å². The van der Waals surface area contributed by atoms with Gasteiger partial charge < -0.3 is 24.0 Å². The summed E-state index contributed by atoms with van der Waals surface area (Å²) in [7, 11) is 0. The van der Waals surface area contributed by atoms with E-state index in [9.17, 15) is 19.2 Å². The molecule has 0 aliphatic heterocycles. The van der Waals surface area contributed by atoms with Crippen LogP contribution < -0.4 is 0 Å². The van der Waals surface area contributed by atoms with Crippen molar-refractivity contribution in [3.63, 3.8) is 0 Å². The molecular weight excluding hydrogens is 683 g/mol. The van der Waals surface area contributed by atoms with Gasteiger partial charge in [-0.1, -0.05) is 168 Å². The SMILES string of the molecule is CCCCCCCCCCCCCCOC(=O)CCN(CCCO)CC(CCCCCC(=O)OC(CCCCCCCC)CCCCCCCC)SO. The van der Waals surface area contributed by atoms with Gasteiger partial charge in [0.15, 0.2) is 0 Å². The lowest BCUT2D eigenvalue weighted by Gasteiger charge is -2.25. The Kier molecular flexibility index (Phi) is 41.7. The molecule has 1 atom stereocenters. The largest absolute Gasteiger partial charge is 0.466 e. The molecule has 316 valence electrons. The fourth-order valence-corrected chi connectivity index (χ4v) is 7.68. The normalized spacial score (nSPS) is 12.2. The van der Waals surface area contributed by atoms with Crippen molar-refractivity contribution in [3.8, 4) is 0 Å². The Balaban J connectivity index is 4.30. The molecule has 0 saturated carbocycles. The maximum absolute atomic E-state index is 12.8. The van der Waals surface area contributed by atoms with E-state index in [1.54, 1.807) is 0 Å². The summed E-state index contributed by atoms with van der Waals surface area (Å²) < 4.78 is 21.6. The molecule has 0 aromatic carbocycles. The highest BCUT2D eigenvalue weighted by Crippen LogP contribution is 2.20.